The highest BCUT2D eigenvalue weighted by atomic mass is 35.5. The summed E-state index contributed by atoms with van der Waals surface area (Å²) < 4.78 is 6.02. The molecule has 2 heterocycles. The molecule has 4 rings (SSSR count). The SMILES string of the molecule is Cc1c(Cl)cccc1NC(=O)CN1C(=O)N(CC(N)=O)C(=O)C2OC3CCCCC3C21. The lowest BCUT2D eigenvalue weighted by Gasteiger charge is -2.42. The highest BCUT2D eigenvalue weighted by Gasteiger charge is 2.57. The molecule has 1 aromatic carbocycles. The van der Waals surface area contributed by atoms with Gasteiger partial charge >= 0.3 is 6.03 Å². The van der Waals surface area contributed by atoms with Crippen molar-refractivity contribution in [3.05, 3.63) is 28.8 Å². The average Bonchev–Trinajstić information content (AvgIpc) is 3.11. The van der Waals surface area contributed by atoms with Crippen LogP contribution >= 0.6 is 11.6 Å². The number of rotatable bonds is 5. The minimum atomic E-state index is -0.897. The predicted molar refractivity (Wildman–Crippen MR) is 112 cm³/mol. The van der Waals surface area contributed by atoms with E-state index in [0.717, 1.165) is 30.6 Å². The molecule has 1 aliphatic carbocycles. The topological polar surface area (TPSA) is 122 Å². The van der Waals surface area contributed by atoms with Gasteiger partial charge in [-0.15, -0.1) is 0 Å². The number of hydrogen-bond donors (Lipinski definition) is 2. The van der Waals surface area contributed by atoms with E-state index in [2.05, 4.69) is 5.32 Å². The van der Waals surface area contributed by atoms with Gasteiger partial charge in [-0.05, 0) is 37.5 Å². The van der Waals surface area contributed by atoms with E-state index in [1.807, 2.05) is 0 Å². The van der Waals surface area contributed by atoms with Gasteiger partial charge in [0.15, 0.2) is 6.10 Å². The van der Waals surface area contributed by atoms with E-state index in [-0.39, 0.29) is 18.6 Å². The van der Waals surface area contributed by atoms with Crippen molar-refractivity contribution in [1.82, 2.24) is 9.80 Å². The molecule has 3 N–H and O–H groups in total. The first-order valence-corrected chi connectivity index (χ1v) is 10.8. The number of fused-ring (bicyclic) bond motifs is 3. The van der Waals surface area contributed by atoms with Crippen molar-refractivity contribution >= 4 is 41.0 Å². The molecule has 0 bridgehead atoms. The number of hydrogen-bond acceptors (Lipinski definition) is 5. The van der Waals surface area contributed by atoms with Crippen molar-refractivity contribution in [1.29, 1.82) is 0 Å². The van der Waals surface area contributed by atoms with E-state index in [4.69, 9.17) is 22.1 Å². The van der Waals surface area contributed by atoms with Crippen molar-refractivity contribution < 1.29 is 23.9 Å². The van der Waals surface area contributed by atoms with Crippen LogP contribution < -0.4 is 11.1 Å². The molecule has 0 aromatic heterocycles. The minimum absolute atomic E-state index is 0.0249. The minimum Gasteiger partial charge on any atom is -0.368 e. The molecule has 1 saturated carbocycles. The number of nitrogens with two attached hydrogens (primary N) is 1. The first kappa shape index (κ1) is 21.6. The number of urea groups is 1. The first-order chi connectivity index (χ1) is 14.8. The zero-order valence-corrected chi connectivity index (χ0v) is 17.9. The summed E-state index contributed by atoms with van der Waals surface area (Å²) in [6, 6.07) is 3.92. The van der Waals surface area contributed by atoms with Gasteiger partial charge in [0, 0.05) is 16.6 Å². The number of primary amides is 1. The van der Waals surface area contributed by atoms with Gasteiger partial charge in [-0.3, -0.25) is 19.3 Å². The van der Waals surface area contributed by atoms with Crippen LogP contribution in [0.1, 0.15) is 31.2 Å². The Bertz CT molecular complexity index is 938. The van der Waals surface area contributed by atoms with E-state index in [1.165, 1.54) is 4.90 Å². The monoisotopic (exact) mass is 448 g/mol. The van der Waals surface area contributed by atoms with Gasteiger partial charge in [-0.1, -0.05) is 30.5 Å². The number of amides is 5. The summed E-state index contributed by atoms with van der Waals surface area (Å²) in [7, 11) is 0. The standard InChI is InChI=1S/C21H25ClN4O5/c1-11-13(22)6-4-7-14(11)24-17(28)10-25-18-12-5-2-3-8-15(12)31-19(18)20(29)26(21(25)30)9-16(23)27/h4,6-7,12,15,18-19H,2-3,5,8-10H2,1H3,(H2,23,27)(H,24,28). The predicted octanol–water partition coefficient (Wildman–Crippen LogP) is 1.66. The zero-order chi connectivity index (χ0) is 22.3. The summed E-state index contributed by atoms with van der Waals surface area (Å²) in [5.41, 5.74) is 6.50. The Morgan fingerprint density at radius 2 is 1.97 bits per heavy atom. The molecule has 2 saturated heterocycles. The fourth-order valence-electron chi connectivity index (χ4n) is 4.87. The Hall–Kier alpha value is -2.65. The summed E-state index contributed by atoms with van der Waals surface area (Å²) in [5, 5.41) is 3.30. The second-order valence-electron chi connectivity index (χ2n) is 8.30. The lowest BCUT2D eigenvalue weighted by Crippen LogP contribution is -2.66. The number of imide groups is 1. The van der Waals surface area contributed by atoms with Crippen molar-refractivity contribution in [2.24, 2.45) is 11.7 Å². The lowest BCUT2D eigenvalue weighted by atomic mass is 9.81. The molecule has 4 unspecified atom stereocenters. The second kappa shape index (κ2) is 8.47. The van der Waals surface area contributed by atoms with Crippen LogP contribution in [0.2, 0.25) is 5.02 Å². The Balaban J connectivity index is 1.60. The fourth-order valence-corrected chi connectivity index (χ4v) is 5.04. The summed E-state index contributed by atoms with van der Waals surface area (Å²) in [4.78, 5) is 52.6. The summed E-state index contributed by atoms with van der Waals surface area (Å²) in [6.07, 6.45) is 2.54. The van der Waals surface area contributed by atoms with Crippen LogP contribution in [-0.4, -0.2) is 64.9 Å². The normalized spacial score (nSPS) is 27.7. The molecule has 9 nitrogen and oxygen atoms in total. The number of nitrogens with one attached hydrogen (secondary N) is 1. The molecule has 166 valence electrons. The van der Waals surface area contributed by atoms with Crippen molar-refractivity contribution in [2.75, 3.05) is 18.4 Å². The quantitative estimate of drug-likeness (QED) is 0.709. The van der Waals surface area contributed by atoms with E-state index in [0.29, 0.717) is 16.3 Å². The average molecular weight is 449 g/mol. The van der Waals surface area contributed by atoms with Gasteiger partial charge in [-0.25, -0.2) is 4.79 Å². The molecule has 3 fully saturated rings. The Kier molecular flexibility index (Phi) is 5.90. The molecule has 3 aliphatic rings. The van der Waals surface area contributed by atoms with Gasteiger partial charge in [0.25, 0.3) is 5.91 Å². The van der Waals surface area contributed by atoms with Crippen LogP contribution in [0.3, 0.4) is 0 Å². The van der Waals surface area contributed by atoms with Gasteiger partial charge in [-0.2, -0.15) is 0 Å². The van der Waals surface area contributed by atoms with Crippen molar-refractivity contribution in [3.63, 3.8) is 0 Å². The summed E-state index contributed by atoms with van der Waals surface area (Å²) in [5.74, 6) is -1.83. The van der Waals surface area contributed by atoms with E-state index in [9.17, 15) is 19.2 Å². The molecule has 4 atom stereocenters. The molecule has 31 heavy (non-hydrogen) atoms. The Labute approximate surface area is 184 Å². The van der Waals surface area contributed by atoms with Crippen LogP contribution in [0.5, 0.6) is 0 Å². The maximum absolute atomic E-state index is 13.2. The van der Waals surface area contributed by atoms with Crippen molar-refractivity contribution in [3.8, 4) is 0 Å². The van der Waals surface area contributed by atoms with Crippen LogP contribution in [0, 0.1) is 12.8 Å². The highest BCUT2D eigenvalue weighted by Crippen LogP contribution is 2.42. The van der Waals surface area contributed by atoms with E-state index >= 15 is 0 Å². The van der Waals surface area contributed by atoms with Crippen LogP contribution in [0.25, 0.3) is 0 Å². The maximum Gasteiger partial charge on any atom is 0.328 e. The first-order valence-electron chi connectivity index (χ1n) is 10.4. The number of carbonyl (C=O) groups is 4. The molecule has 2 aliphatic heterocycles. The summed E-state index contributed by atoms with van der Waals surface area (Å²) >= 11 is 6.12. The number of nitrogens with zero attached hydrogens (tertiary/aromatic N) is 2. The Morgan fingerprint density at radius 3 is 2.71 bits per heavy atom. The van der Waals surface area contributed by atoms with Gasteiger partial charge in [0.05, 0.1) is 12.1 Å². The fraction of sp³-hybridized carbons (Fsp3) is 0.524. The third-order valence-electron chi connectivity index (χ3n) is 6.34. The number of carbonyl (C=O) groups excluding carboxylic acids is 4. The molecular formula is C21H25ClN4O5. The molecule has 10 heteroatoms. The van der Waals surface area contributed by atoms with E-state index < -0.39 is 42.4 Å². The van der Waals surface area contributed by atoms with Crippen molar-refractivity contribution in [2.45, 2.75) is 50.9 Å². The molecular weight excluding hydrogens is 424 g/mol. The lowest BCUT2D eigenvalue weighted by molar-refractivity contribution is -0.148. The van der Waals surface area contributed by atoms with Gasteiger partial charge in [0.1, 0.15) is 13.1 Å². The number of anilines is 1. The second-order valence-corrected chi connectivity index (χ2v) is 8.70. The largest absolute Gasteiger partial charge is 0.368 e. The molecule has 0 radical (unpaired) electrons. The molecule has 5 amide bonds. The van der Waals surface area contributed by atoms with Gasteiger partial charge in [0.2, 0.25) is 11.8 Å². The molecule has 1 aromatic rings. The smallest absolute Gasteiger partial charge is 0.328 e. The highest BCUT2D eigenvalue weighted by molar-refractivity contribution is 6.31. The van der Waals surface area contributed by atoms with E-state index in [1.54, 1.807) is 25.1 Å². The third-order valence-corrected chi connectivity index (χ3v) is 6.75. The maximum atomic E-state index is 13.2. The zero-order valence-electron chi connectivity index (χ0n) is 17.2. The van der Waals surface area contributed by atoms with Crippen LogP contribution in [-0.2, 0) is 19.1 Å². The van der Waals surface area contributed by atoms with Crippen LogP contribution in [0.4, 0.5) is 10.5 Å². The number of halogens is 1. The number of ether oxygens (including phenoxy) is 1. The summed E-state index contributed by atoms with van der Waals surface area (Å²) in [6.45, 7) is 0.955. The van der Waals surface area contributed by atoms with Gasteiger partial charge < -0.3 is 20.7 Å². The van der Waals surface area contributed by atoms with Crippen LogP contribution in [0.15, 0.2) is 18.2 Å². The number of benzene rings is 1. The Morgan fingerprint density at radius 1 is 1.23 bits per heavy atom. The molecule has 0 spiro atoms. The third kappa shape index (κ3) is 3.99.